The Morgan fingerprint density at radius 2 is 1.94 bits per heavy atom. The Morgan fingerprint density at radius 1 is 1.12 bits per heavy atom. The van der Waals surface area contributed by atoms with E-state index in [1.54, 1.807) is 0 Å². The number of rotatable bonds is 4. The average molecular weight is 225 g/mol. The van der Waals surface area contributed by atoms with Crippen molar-refractivity contribution in [3.63, 3.8) is 0 Å². The molecule has 0 bridgehead atoms. The van der Waals surface area contributed by atoms with Gasteiger partial charge in [-0.1, -0.05) is 26.2 Å². The zero-order valence-electron chi connectivity index (χ0n) is 10.7. The van der Waals surface area contributed by atoms with Gasteiger partial charge in [-0.05, 0) is 44.6 Å². The average Bonchev–Trinajstić information content (AvgIpc) is 2.38. The maximum atomic E-state index is 5.99. The fourth-order valence-corrected chi connectivity index (χ4v) is 3.20. The van der Waals surface area contributed by atoms with E-state index in [0.717, 1.165) is 18.6 Å². The molecule has 1 N–H and O–H groups in total. The first-order valence-electron chi connectivity index (χ1n) is 7.25. The van der Waals surface area contributed by atoms with Crippen molar-refractivity contribution in [2.45, 2.75) is 70.4 Å². The number of hydrogen-bond donors (Lipinski definition) is 1. The standard InChI is InChI=1S/C14H27NO/c1-2-9-15-13-8-10-16-14(11-13)12-6-4-3-5-7-12/h12-15H,2-11H2,1H3. The summed E-state index contributed by atoms with van der Waals surface area (Å²) in [5.41, 5.74) is 0. The van der Waals surface area contributed by atoms with Crippen molar-refractivity contribution >= 4 is 0 Å². The predicted octanol–water partition coefficient (Wildman–Crippen LogP) is 3.11. The highest BCUT2D eigenvalue weighted by Crippen LogP contribution is 2.32. The topological polar surface area (TPSA) is 21.3 Å². The van der Waals surface area contributed by atoms with Crippen LogP contribution in [0.5, 0.6) is 0 Å². The summed E-state index contributed by atoms with van der Waals surface area (Å²) in [7, 11) is 0. The van der Waals surface area contributed by atoms with Crippen LogP contribution in [0.15, 0.2) is 0 Å². The van der Waals surface area contributed by atoms with Crippen LogP contribution in [0.2, 0.25) is 0 Å². The first kappa shape index (κ1) is 12.4. The van der Waals surface area contributed by atoms with Crippen molar-refractivity contribution in [3.8, 4) is 0 Å². The molecule has 1 aliphatic heterocycles. The summed E-state index contributed by atoms with van der Waals surface area (Å²) in [6, 6.07) is 0.723. The highest BCUT2D eigenvalue weighted by molar-refractivity contribution is 4.83. The Balaban J connectivity index is 1.76. The lowest BCUT2D eigenvalue weighted by molar-refractivity contribution is -0.0415. The molecule has 2 aliphatic rings. The van der Waals surface area contributed by atoms with Crippen LogP contribution in [0.3, 0.4) is 0 Å². The van der Waals surface area contributed by atoms with Crippen LogP contribution in [0.4, 0.5) is 0 Å². The fourth-order valence-electron chi connectivity index (χ4n) is 3.20. The van der Waals surface area contributed by atoms with Gasteiger partial charge >= 0.3 is 0 Å². The summed E-state index contributed by atoms with van der Waals surface area (Å²) in [6.07, 6.45) is 11.4. The minimum absolute atomic E-state index is 0.559. The van der Waals surface area contributed by atoms with Crippen LogP contribution in [0.25, 0.3) is 0 Å². The van der Waals surface area contributed by atoms with E-state index in [4.69, 9.17) is 4.74 Å². The Hall–Kier alpha value is -0.0800. The van der Waals surface area contributed by atoms with Gasteiger partial charge in [-0.15, -0.1) is 0 Å². The first-order valence-corrected chi connectivity index (χ1v) is 7.25. The van der Waals surface area contributed by atoms with E-state index in [-0.39, 0.29) is 0 Å². The van der Waals surface area contributed by atoms with Crippen LogP contribution in [0, 0.1) is 5.92 Å². The van der Waals surface area contributed by atoms with Gasteiger partial charge in [-0.3, -0.25) is 0 Å². The van der Waals surface area contributed by atoms with Crippen molar-refractivity contribution in [1.82, 2.24) is 5.32 Å². The molecule has 0 aromatic heterocycles. The third kappa shape index (κ3) is 3.46. The van der Waals surface area contributed by atoms with Crippen molar-refractivity contribution < 1.29 is 4.74 Å². The lowest BCUT2D eigenvalue weighted by atomic mass is 9.82. The quantitative estimate of drug-likeness (QED) is 0.794. The maximum Gasteiger partial charge on any atom is 0.0618 e. The van der Waals surface area contributed by atoms with E-state index in [1.165, 1.54) is 57.9 Å². The summed E-state index contributed by atoms with van der Waals surface area (Å²) in [4.78, 5) is 0. The minimum atomic E-state index is 0.559. The molecule has 1 heterocycles. The second-order valence-corrected chi connectivity index (χ2v) is 5.48. The first-order chi connectivity index (χ1) is 7.90. The normalized spacial score (nSPS) is 32.8. The van der Waals surface area contributed by atoms with Gasteiger partial charge in [0.05, 0.1) is 6.10 Å². The molecule has 2 heteroatoms. The van der Waals surface area contributed by atoms with E-state index < -0.39 is 0 Å². The zero-order chi connectivity index (χ0) is 11.2. The van der Waals surface area contributed by atoms with Crippen LogP contribution in [-0.2, 0) is 4.74 Å². The molecule has 0 spiro atoms. The Kier molecular flexibility index (Phi) is 5.11. The monoisotopic (exact) mass is 225 g/mol. The fraction of sp³-hybridized carbons (Fsp3) is 1.00. The molecule has 0 aromatic carbocycles. The predicted molar refractivity (Wildman–Crippen MR) is 67.6 cm³/mol. The second kappa shape index (κ2) is 6.61. The minimum Gasteiger partial charge on any atom is -0.378 e. The van der Waals surface area contributed by atoms with E-state index in [9.17, 15) is 0 Å². The lowest BCUT2D eigenvalue weighted by Gasteiger charge is -2.36. The third-order valence-corrected chi connectivity index (χ3v) is 4.17. The maximum absolute atomic E-state index is 5.99. The van der Waals surface area contributed by atoms with Gasteiger partial charge in [0.2, 0.25) is 0 Å². The van der Waals surface area contributed by atoms with Crippen LogP contribution in [0.1, 0.15) is 58.3 Å². The molecule has 94 valence electrons. The van der Waals surface area contributed by atoms with Gasteiger partial charge < -0.3 is 10.1 Å². The molecule has 0 amide bonds. The molecule has 0 radical (unpaired) electrons. The van der Waals surface area contributed by atoms with Gasteiger partial charge in [0, 0.05) is 12.6 Å². The van der Waals surface area contributed by atoms with Gasteiger partial charge in [0.15, 0.2) is 0 Å². The Labute approximate surface area is 100 Å². The molecular weight excluding hydrogens is 198 g/mol. The van der Waals surface area contributed by atoms with Crippen LogP contribution >= 0.6 is 0 Å². The molecule has 16 heavy (non-hydrogen) atoms. The SMILES string of the molecule is CCCNC1CCOC(C2CCCCC2)C1. The molecule has 1 aliphatic carbocycles. The van der Waals surface area contributed by atoms with Gasteiger partial charge in [0.25, 0.3) is 0 Å². The van der Waals surface area contributed by atoms with Gasteiger partial charge in [-0.2, -0.15) is 0 Å². The van der Waals surface area contributed by atoms with Crippen molar-refractivity contribution in [1.29, 1.82) is 0 Å². The summed E-state index contributed by atoms with van der Waals surface area (Å²) in [5.74, 6) is 0.861. The molecule has 2 fully saturated rings. The van der Waals surface area contributed by atoms with Gasteiger partial charge in [0.1, 0.15) is 0 Å². The summed E-state index contributed by atoms with van der Waals surface area (Å²) in [6.45, 7) is 4.38. The molecule has 0 aromatic rings. The van der Waals surface area contributed by atoms with Crippen molar-refractivity contribution in [2.24, 2.45) is 5.92 Å². The van der Waals surface area contributed by atoms with Crippen molar-refractivity contribution in [3.05, 3.63) is 0 Å². The molecule has 1 saturated heterocycles. The summed E-state index contributed by atoms with van der Waals surface area (Å²) >= 11 is 0. The molecule has 2 rings (SSSR count). The van der Waals surface area contributed by atoms with Crippen LogP contribution in [-0.4, -0.2) is 25.3 Å². The largest absolute Gasteiger partial charge is 0.378 e. The highest BCUT2D eigenvalue weighted by Gasteiger charge is 2.29. The van der Waals surface area contributed by atoms with E-state index in [2.05, 4.69) is 12.2 Å². The second-order valence-electron chi connectivity index (χ2n) is 5.48. The zero-order valence-corrected chi connectivity index (χ0v) is 10.7. The third-order valence-electron chi connectivity index (χ3n) is 4.17. The number of nitrogens with one attached hydrogen (secondary N) is 1. The van der Waals surface area contributed by atoms with Crippen molar-refractivity contribution in [2.75, 3.05) is 13.2 Å². The molecular formula is C14H27NO. The number of hydrogen-bond acceptors (Lipinski definition) is 2. The Morgan fingerprint density at radius 3 is 2.69 bits per heavy atom. The van der Waals surface area contributed by atoms with E-state index in [1.807, 2.05) is 0 Å². The lowest BCUT2D eigenvalue weighted by Crippen LogP contribution is -2.42. The van der Waals surface area contributed by atoms with Crippen LogP contribution < -0.4 is 5.32 Å². The summed E-state index contributed by atoms with van der Waals surface area (Å²) in [5, 5.41) is 3.66. The number of ether oxygens (including phenoxy) is 1. The van der Waals surface area contributed by atoms with E-state index in [0.29, 0.717) is 6.10 Å². The van der Waals surface area contributed by atoms with E-state index >= 15 is 0 Å². The smallest absolute Gasteiger partial charge is 0.0618 e. The highest BCUT2D eigenvalue weighted by atomic mass is 16.5. The molecule has 2 nitrogen and oxygen atoms in total. The Bertz CT molecular complexity index is 189. The van der Waals surface area contributed by atoms with Gasteiger partial charge in [-0.25, -0.2) is 0 Å². The molecule has 2 unspecified atom stereocenters. The summed E-state index contributed by atoms with van der Waals surface area (Å²) < 4.78 is 5.99. The molecule has 1 saturated carbocycles. The molecule has 2 atom stereocenters.